The lowest BCUT2D eigenvalue weighted by Crippen LogP contribution is -2.37. The van der Waals surface area contributed by atoms with Gasteiger partial charge in [-0.05, 0) is 12.8 Å². The van der Waals surface area contributed by atoms with Gasteiger partial charge in [-0.15, -0.1) is 0 Å². The van der Waals surface area contributed by atoms with E-state index in [1.807, 2.05) is 21.1 Å². The number of ether oxygens (including phenoxy) is 2. The van der Waals surface area contributed by atoms with Gasteiger partial charge in [0, 0.05) is 13.0 Å². The Labute approximate surface area is 323 Å². The molecule has 9 heteroatoms. The molecule has 0 aromatic carbocycles. The Bertz CT molecular complexity index is 807. The Morgan fingerprint density at radius 3 is 1.27 bits per heavy atom. The maximum absolute atomic E-state index is 12.7. The van der Waals surface area contributed by atoms with E-state index in [1.165, 1.54) is 161 Å². The summed E-state index contributed by atoms with van der Waals surface area (Å²) >= 11 is 0. The predicted molar refractivity (Wildman–Crippen MR) is 218 cm³/mol. The SMILES string of the molecule is CCCCCCCCCCCCCCCCCCOCC(COP(=O)([O-])OCC[N+](C)(C)C)OC(=O)CCCCCCCCCCCCCCCC. The molecule has 0 fully saturated rings. The standard InChI is InChI=1S/C43H88NO7P/c1-6-8-10-12-14-16-18-20-22-23-25-27-29-31-33-35-38-48-40-42(41-50-52(46,47)49-39-37-44(3,4)5)51-43(45)36-34-32-30-28-26-24-21-19-17-15-13-11-9-7-2/h42H,6-41H2,1-5H3. The second kappa shape index (κ2) is 37.4. The number of phosphoric acid groups is 1. The van der Waals surface area contributed by atoms with Crippen LogP contribution in [-0.4, -0.2) is 70.7 Å². The van der Waals surface area contributed by atoms with Crippen molar-refractivity contribution < 1.29 is 37.3 Å². The summed E-state index contributed by atoms with van der Waals surface area (Å²) in [5.41, 5.74) is 0. The molecule has 2 atom stereocenters. The van der Waals surface area contributed by atoms with Crippen LogP contribution in [0, 0.1) is 0 Å². The third-order valence-corrected chi connectivity index (χ3v) is 10.9. The van der Waals surface area contributed by atoms with Crippen molar-refractivity contribution in [2.24, 2.45) is 0 Å². The van der Waals surface area contributed by atoms with Crippen molar-refractivity contribution in [3.8, 4) is 0 Å². The highest BCUT2D eigenvalue weighted by Gasteiger charge is 2.20. The quantitative estimate of drug-likeness (QED) is 0.0264. The summed E-state index contributed by atoms with van der Waals surface area (Å²) < 4.78 is 34.6. The zero-order valence-electron chi connectivity index (χ0n) is 35.3. The molecule has 0 aromatic heterocycles. The Morgan fingerprint density at radius 1 is 0.519 bits per heavy atom. The molecule has 0 rings (SSSR count). The van der Waals surface area contributed by atoms with Crippen LogP contribution in [0.5, 0.6) is 0 Å². The van der Waals surface area contributed by atoms with E-state index in [4.69, 9.17) is 18.5 Å². The summed E-state index contributed by atoms with van der Waals surface area (Å²) in [6.07, 6.45) is 38.2. The molecule has 0 spiro atoms. The topological polar surface area (TPSA) is 94.1 Å². The number of carbonyl (C=O) groups is 1. The molecule has 0 aliphatic rings. The van der Waals surface area contributed by atoms with Crippen LogP contribution in [0.15, 0.2) is 0 Å². The first-order valence-electron chi connectivity index (χ1n) is 22.3. The van der Waals surface area contributed by atoms with E-state index < -0.39 is 13.9 Å². The van der Waals surface area contributed by atoms with Crippen LogP contribution >= 0.6 is 7.82 Å². The van der Waals surface area contributed by atoms with Gasteiger partial charge in [0.15, 0.2) is 0 Å². The van der Waals surface area contributed by atoms with Crippen molar-refractivity contribution in [2.75, 3.05) is 54.1 Å². The maximum Gasteiger partial charge on any atom is 0.306 e. The van der Waals surface area contributed by atoms with E-state index >= 15 is 0 Å². The van der Waals surface area contributed by atoms with Gasteiger partial charge in [0.1, 0.15) is 19.3 Å². The van der Waals surface area contributed by atoms with E-state index in [2.05, 4.69) is 13.8 Å². The van der Waals surface area contributed by atoms with Gasteiger partial charge in [-0.1, -0.05) is 194 Å². The molecule has 0 amide bonds. The average Bonchev–Trinajstić information content (AvgIpc) is 3.09. The van der Waals surface area contributed by atoms with Gasteiger partial charge in [0.2, 0.25) is 0 Å². The maximum atomic E-state index is 12.7. The first kappa shape index (κ1) is 51.5. The first-order chi connectivity index (χ1) is 25.1. The third-order valence-electron chi connectivity index (χ3n) is 9.91. The van der Waals surface area contributed by atoms with Crippen LogP contribution < -0.4 is 4.89 Å². The largest absolute Gasteiger partial charge is 0.756 e. The summed E-state index contributed by atoms with van der Waals surface area (Å²) in [6, 6.07) is 0. The van der Waals surface area contributed by atoms with Crippen molar-refractivity contribution in [3.63, 3.8) is 0 Å². The fraction of sp³-hybridized carbons (Fsp3) is 0.977. The first-order valence-corrected chi connectivity index (χ1v) is 23.7. The van der Waals surface area contributed by atoms with Crippen molar-refractivity contribution in [2.45, 2.75) is 219 Å². The van der Waals surface area contributed by atoms with Crippen LogP contribution in [-0.2, 0) is 27.9 Å². The van der Waals surface area contributed by atoms with Crippen LogP contribution in [0.3, 0.4) is 0 Å². The molecular weight excluding hydrogens is 673 g/mol. The summed E-state index contributed by atoms with van der Waals surface area (Å²) in [6.45, 7) is 5.47. The number of quaternary nitrogens is 1. The molecule has 52 heavy (non-hydrogen) atoms. The van der Waals surface area contributed by atoms with E-state index in [0.29, 0.717) is 24.1 Å². The fourth-order valence-corrected chi connectivity index (χ4v) is 7.16. The van der Waals surface area contributed by atoms with Gasteiger partial charge in [-0.2, -0.15) is 0 Å². The Hall–Kier alpha value is -0.500. The molecule has 0 N–H and O–H groups in total. The molecule has 0 saturated carbocycles. The van der Waals surface area contributed by atoms with E-state index in [0.717, 1.165) is 32.1 Å². The van der Waals surface area contributed by atoms with Gasteiger partial charge < -0.3 is 27.9 Å². The molecule has 312 valence electrons. The zero-order valence-corrected chi connectivity index (χ0v) is 36.2. The number of esters is 1. The van der Waals surface area contributed by atoms with Crippen molar-refractivity contribution in [1.82, 2.24) is 0 Å². The second-order valence-electron chi connectivity index (χ2n) is 16.4. The molecule has 0 bridgehead atoms. The van der Waals surface area contributed by atoms with Crippen LogP contribution in [0.1, 0.15) is 213 Å². The molecule has 0 aromatic rings. The number of hydrogen-bond acceptors (Lipinski definition) is 7. The normalized spacial score (nSPS) is 13.7. The minimum Gasteiger partial charge on any atom is -0.756 e. The van der Waals surface area contributed by atoms with Crippen molar-refractivity contribution in [1.29, 1.82) is 0 Å². The number of phosphoric ester groups is 1. The van der Waals surface area contributed by atoms with Crippen molar-refractivity contribution >= 4 is 13.8 Å². The highest BCUT2D eigenvalue weighted by Crippen LogP contribution is 2.38. The van der Waals surface area contributed by atoms with Crippen molar-refractivity contribution in [3.05, 3.63) is 0 Å². The van der Waals surface area contributed by atoms with Gasteiger partial charge in [0.25, 0.3) is 7.82 Å². The molecule has 0 aliphatic heterocycles. The molecule has 0 aliphatic carbocycles. The molecule has 2 unspecified atom stereocenters. The van der Waals surface area contributed by atoms with Gasteiger partial charge in [-0.3, -0.25) is 9.36 Å². The minimum atomic E-state index is -4.51. The summed E-state index contributed by atoms with van der Waals surface area (Å²) in [7, 11) is 1.37. The minimum absolute atomic E-state index is 0.0314. The second-order valence-corrected chi connectivity index (χ2v) is 17.8. The van der Waals surface area contributed by atoms with E-state index in [9.17, 15) is 14.3 Å². The Kier molecular flexibility index (Phi) is 37.1. The molecule has 8 nitrogen and oxygen atoms in total. The van der Waals surface area contributed by atoms with Crippen LogP contribution in [0.25, 0.3) is 0 Å². The Morgan fingerprint density at radius 2 is 0.885 bits per heavy atom. The van der Waals surface area contributed by atoms with Gasteiger partial charge >= 0.3 is 5.97 Å². The monoisotopic (exact) mass is 762 g/mol. The number of rotatable bonds is 42. The highest BCUT2D eigenvalue weighted by molar-refractivity contribution is 7.45. The van der Waals surface area contributed by atoms with Crippen LogP contribution in [0.2, 0.25) is 0 Å². The highest BCUT2D eigenvalue weighted by atomic mass is 31.2. The lowest BCUT2D eigenvalue weighted by atomic mass is 10.0. The average molecular weight is 762 g/mol. The van der Waals surface area contributed by atoms with Crippen LogP contribution in [0.4, 0.5) is 0 Å². The number of likely N-dealkylation sites (N-methyl/N-ethyl adjacent to an activating group) is 1. The molecule has 0 radical (unpaired) electrons. The van der Waals surface area contributed by atoms with E-state index in [-0.39, 0.29) is 25.8 Å². The lowest BCUT2D eigenvalue weighted by Gasteiger charge is -2.28. The predicted octanol–water partition coefficient (Wildman–Crippen LogP) is 12.3. The van der Waals surface area contributed by atoms with E-state index in [1.54, 1.807) is 0 Å². The molecular formula is C43H88NO7P. The third kappa shape index (κ3) is 40.7. The number of nitrogens with zero attached hydrogens (tertiary/aromatic N) is 1. The number of unbranched alkanes of at least 4 members (excludes halogenated alkanes) is 28. The number of carbonyl (C=O) groups excluding carboxylic acids is 1. The Balaban J connectivity index is 4.18. The lowest BCUT2D eigenvalue weighted by molar-refractivity contribution is -0.870. The summed E-state index contributed by atoms with van der Waals surface area (Å²) in [4.78, 5) is 25.0. The zero-order chi connectivity index (χ0) is 38.4. The number of hydrogen-bond donors (Lipinski definition) is 0. The smallest absolute Gasteiger partial charge is 0.306 e. The van der Waals surface area contributed by atoms with Gasteiger partial charge in [-0.25, -0.2) is 0 Å². The van der Waals surface area contributed by atoms with Gasteiger partial charge in [0.05, 0.1) is 34.4 Å². The summed E-state index contributed by atoms with van der Waals surface area (Å²) in [5, 5.41) is 0. The molecule has 0 heterocycles. The summed E-state index contributed by atoms with van der Waals surface area (Å²) in [5.74, 6) is -0.328. The fourth-order valence-electron chi connectivity index (χ4n) is 6.43. The molecule has 0 saturated heterocycles.